The van der Waals surface area contributed by atoms with E-state index in [4.69, 9.17) is 23.2 Å². The first-order valence-electron chi connectivity index (χ1n) is 10.5. The summed E-state index contributed by atoms with van der Waals surface area (Å²) in [7, 11) is -3.85. The van der Waals surface area contributed by atoms with Crippen molar-refractivity contribution in [1.29, 1.82) is 0 Å². The standard InChI is InChI=1S/C23H29Cl2N3O4S/c1-5-21(23(30)26-6-2)27(14-17-9-7-16(3)8-10-17)22(29)15-28(33(4,31)32)20-12-18(24)11-19(25)13-20/h7-13,21H,5-6,14-15H2,1-4H3,(H,26,30)/t21-/m0/s1. The molecular weight excluding hydrogens is 485 g/mol. The number of hydrogen-bond donors (Lipinski definition) is 1. The van der Waals surface area contributed by atoms with Crippen LogP contribution >= 0.6 is 23.2 Å². The summed E-state index contributed by atoms with van der Waals surface area (Å²) in [4.78, 5) is 27.6. The summed E-state index contributed by atoms with van der Waals surface area (Å²) in [5, 5.41) is 3.24. The first-order chi connectivity index (χ1) is 15.5. The van der Waals surface area contributed by atoms with Crippen molar-refractivity contribution in [2.24, 2.45) is 0 Å². The van der Waals surface area contributed by atoms with Gasteiger partial charge in [-0.1, -0.05) is 60.0 Å². The Morgan fingerprint density at radius 1 is 1.03 bits per heavy atom. The van der Waals surface area contributed by atoms with Crippen LogP contribution in [0.1, 0.15) is 31.4 Å². The number of nitrogens with zero attached hydrogens (tertiary/aromatic N) is 2. The fourth-order valence-electron chi connectivity index (χ4n) is 3.40. The molecule has 0 spiro atoms. The molecule has 2 rings (SSSR count). The van der Waals surface area contributed by atoms with Gasteiger partial charge in [0.15, 0.2) is 0 Å². The molecule has 2 aromatic carbocycles. The van der Waals surface area contributed by atoms with Crippen LogP contribution in [-0.4, -0.2) is 50.5 Å². The Morgan fingerprint density at radius 2 is 1.61 bits per heavy atom. The number of hydrogen-bond acceptors (Lipinski definition) is 4. The molecular formula is C23H29Cl2N3O4S. The second kappa shape index (κ2) is 11.7. The number of benzene rings is 2. The molecule has 0 bridgehead atoms. The Kier molecular flexibility index (Phi) is 9.57. The molecule has 2 amide bonds. The third kappa shape index (κ3) is 7.62. The quantitative estimate of drug-likeness (QED) is 0.519. The van der Waals surface area contributed by atoms with E-state index in [1.54, 1.807) is 13.8 Å². The van der Waals surface area contributed by atoms with E-state index < -0.39 is 28.5 Å². The second-order valence-electron chi connectivity index (χ2n) is 7.72. The number of nitrogens with one attached hydrogen (secondary N) is 1. The van der Waals surface area contributed by atoms with Crippen molar-refractivity contribution in [1.82, 2.24) is 10.2 Å². The lowest BCUT2D eigenvalue weighted by molar-refractivity contribution is -0.140. The van der Waals surface area contributed by atoms with Gasteiger partial charge in [-0.2, -0.15) is 0 Å². The second-order valence-corrected chi connectivity index (χ2v) is 10.5. The minimum atomic E-state index is -3.85. The lowest BCUT2D eigenvalue weighted by Gasteiger charge is -2.32. The molecule has 180 valence electrons. The molecule has 0 saturated carbocycles. The van der Waals surface area contributed by atoms with E-state index in [2.05, 4.69) is 5.32 Å². The molecule has 0 aromatic heterocycles. The van der Waals surface area contributed by atoms with Gasteiger partial charge in [-0.05, 0) is 44.0 Å². The molecule has 0 radical (unpaired) electrons. The lowest BCUT2D eigenvalue weighted by Crippen LogP contribution is -2.52. The molecule has 0 heterocycles. The zero-order valence-electron chi connectivity index (χ0n) is 19.1. The highest BCUT2D eigenvalue weighted by atomic mass is 35.5. The van der Waals surface area contributed by atoms with Crippen LogP contribution in [0.25, 0.3) is 0 Å². The van der Waals surface area contributed by atoms with E-state index >= 15 is 0 Å². The van der Waals surface area contributed by atoms with Crippen LogP contribution in [-0.2, 0) is 26.2 Å². The van der Waals surface area contributed by atoms with Crippen LogP contribution in [0.2, 0.25) is 10.0 Å². The highest BCUT2D eigenvalue weighted by Gasteiger charge is 2.31. The van der Waals surface area contributed by atoms with Gasteiger partial charge >= 0.3 is 0 Å². The summed E-state index contributed by atoms with van der Waals surface area (Å²) < 4.78 is 26.1. The van der Waals surface area contributed by atoms with Crippen molar-refractivity contribution in [3.05, 3.63) is 63.6 Å². The molecule has 1 N–H and O–H groups in total. The van der Waals surface area contributed by atoms with Crippen LogP contribution in [0, 0.1) is 6.92 Å². The lowest BCUT2D eigenvalue weighted by atomic mass is 10.1. The van der Waals surface area contributed by atoms with Gasteiger partial charge < -0.3 is 10.2 Å². The Balaban J connectivity index is 2.45. The summed E-state index contributed by atoms with van der Waals surface area (Å²) in [6.45, 7) is 5.63. The van der Waals surface area contributed by atoms with Crippen molar-refractivity contribution in [3.8, 4) is 0 Å². The summed E-state index contributed by atoms with van der Waals surface area (Å²) in [6, 6.07) is 11.2. The van der Waals surface area contributed by atoms with Crippen LogP contribution in [0.5, 0.6) is 0 Å². The van der Waals surface area contributed by atoms with Crippen LogP contribution < -0.4 is 9.62 Å². The van der Waals surface area contributed by atoms with Crippen molar-refractivity contribution in [2.75, 3.05) is 23.7 Å². The maximum absolute atomic E-state index is 13.5. The molecule has 7 nitrogen and oxygen atoms in total. The predicted octanol–water partition coefficient (Wildman–Crippen LogP) is 4.01. The zero-order valence-corrected chi connectivity index (χ0v) is 21.5. The number of sulfonamides is 1. The highest BCUT2D eigenvalue weighted by molar-refractivity contribution is 7.92. The van der Waals surface area contributed by atoms with Gasteiger partial charge in [-0.3, -0.25) is 13.9 Å². The van der Waals surface area contributed by atoms with Crippen molar-refractivity contribution in [3.63, 3.8) is 0 Å². The topological polar surface area (TPSA) is 86.8 Å². The Labute approximate surface area is 205 Å². The fraction of sp³-hybridized carbons (Fsp3) is 0.391. The summed E-state index contributed by atoms with van der Waals surface area (Å²) in [6.07, 6.45) is 1.37. The van der Waals surface area contributed by atoms with Gasteiger partial charge in [0, 0.05) is 23.1 Å². The average molecular weight is 514 g/mol. The summed E-state index contributed by atoms with van der Waals surface area (Å²) in [5.74, 6) is -0.813. The minimum Gasteiger partial charge on any atom is -0.355 e. The Morgan fingerprint density at radius 3 is 2.09 bits per heavy atom. The van der Waals surface area contributed by atoms with Gasteiger partial charge in [0.1, 0.15) is 12.6 Å². The Hall–Kier alpha value is -2.29. The van der Waals surface area contributed by atoms with E-state index in [1.165, 1.54) is 23.1 Å². The van der Waals surface area contributed by atoms with Crippen LogP contribution in [0.3, 0.4) is 0 Å². The van der Waals surface area contributed by atoms with Gasteiger partial charge in [0.25, 0.3) is 0 Å². The summed E-state index contributed by atoms with van der Waals surface area (Å²) >= 11 is 12.1. The smallest absolute Gasteiger partial charge is 0.244 e. The molecule has 0 aliphatic heterocycles. The van der Waals surface area contributed by atoms with Crippen molar-refractivity contribution < 1.29 is 18.0 Å². The van der Waals surface area contributed by atoms with Gasteiger partial charge in [-0.15, -0.1) is 0 Å². The molecule has 10 heteroatoms. The number of carbonyl (C=O) groups is 2. The minimum absolute atomic E-state index is 0.155. The van der Waals surface area contributed by atoms with Crippen LogP contribution in [0.15, 0.2) is 42.5 Å². The number of carbonyl (C=O) groups excluding carboxylic acids is 2. The predicted molar refractivity (Wildman–Crippen MR) is 133 cm³/mol. The number of amides is 2. The number of likely N-dealkylation sites (N-methyl/N-ethyl adjacent to an activating group) is 1. The molecule has 33 heavy (non-hydrogen) atoms. The van der Waals surface area contributed by atoms with Crippen molar-refractivity contribution in [2.45, 2.75) is 39.8 Å². The zero-order chi connectivity index (χ0) is 24.8. The highest BCUT2D eigenvalue weighted by Crippen LogP contribution is 2.27. The van der Waals surface area contributed by atoms with E-state index in [1.807, 2.05) is 31.2 Å². The molecule has 0 unspecified atom stereocenters. The third-order valence-electron chi connectivity index (χ3n) is 5.02. The summed E-state index contributed by atoms with van der Waals surface area (Å²) in [5.41, 5.74) is 2.06. The number of anilines is 1. The number of rotatable bonds is 10. The monoisotopic (exact) mass is 513 g/mol. The SMILES string of the molecule is CCNC(=O)[C@H](CC)N(Cc1ccc(C)cc1)C(=O)CN(c1cc(Cl)cc(Cl)c1)S(C)(=O)=O. The normalized spacial score (nSPS) is 12.2. The van der Waals surface area contributed by atoms with Gasteiger partial charge in [0.05, 0.1) is 11.9 Å². The molecule has 1 atom stereocenters. The van der Waals surface area contributed by atoms with Crippen molar-refractivity contribution >= 4 is 50.7 Å². The van der Waals surface area contributed by atoms with Gasteiger partial charge in [0.2, 0.25) is 21.8 Å². The molecule has 0 saturated heterocycles. The van der Waals surface area contributed by atoms with E-state index in [0.717, 1.165) is 21.7 Å². The molecule has 0 aliphatic rings. The maximum atomic E-state index is 13.5. The molecule has 0 fully saturated rings. The molecule has 2 aromatic rings. The van der Waals surface area contributed by atoms with E-state index in [-0.39, 0.29) is 28.2 Å². The third-order valence-corrected chi connectivity index (χ3v) is 6.60. The van der Waals surface area contributed by atoms with Gasteiger partial charge in [-0.25, -0.2) is 8.42 Å². The Bertz CT molecular complexity index is 1070. The first-order valence-corrected chi connectivity index (χ1v) is 13.1. The molecule has 0 aliphatic carbocycles. The number of aryl methyl sites for hydroxylation is 1. The first kappa shape index (κ1) is 27.0. The number of halogens is 2. The average Bonchev–Trinajstić information content (AvgIpc) is 2.71. The van der Waals surface area contributed by atoms with E-state index in [9.17, 15) is 18.0 Å². The fourth-order valence-corrected chi connectivity index (χ4v) is 4.75. The largest absolute Gasteiger partial charge is 0.355 e. The maximum Gasteiger partial charge on any atom is 0.244 e. The van der Waals surface area contributed by atoms with E-state index in [0.29, 0.717) is 13.0 Å². The van der Waals surface area contributed by atoms with Crippen LogP contribution in [0.4, 0.5) is 5.69 Å².